The fraction of sp³-hybridized carbons (Fsp3) is 0.609. The third kappa shape index (κ3) is 4.74. The van der Waals surface area contributed by atoms with Gasteiger partial charge in [0.15, 0.2) is 0 Å². The van der Waals surface area contributed by atoms with Crippen molar-refractivity contribution in [2.75, 3.05) is 0 Å². The van der Waals surface area contributed by atoms with Crippen LogP contribution in [-0.2, 0) is 6.42 Å². The lowest BCUT2D eigenvalue weighted by Gasteiger charge is -2.04. The summed E-state index contributed by atoms with van der Waals surface area (Å²) in [6.45, 7) is 13.4. The number of hydrogen-bond acceptors (Lipinski definition) is 1. The van der Waals surface area contributed by atoms with Crippen molar-refractivity contribution in [3.8, 4) is 0 Å². The summed E-state index contributed by atoms with van der Waals surface area (Å²) in [5, 5.41) is 0. The zero-order chi connectivity index (χ0) is 18.4. The molecule has 1 aliphatic heterocycles. The van der Waals surface area contributed by atoms with Crippen LogP contribution < -0.4 is 0 Å². The summed E-state index contributed by atoms with van der Waals surface area (Å²) in [6, 6.07) is 0. The Hall–Kier alpha value is -1.57. The van der Waals surface area contributed by atoms with Crippen molar-refractivity contribution in [3.63, 3.8) is 0 Å². The van der Waals surface area contributed by atoms with Gasteiger partial charge in [-0.2, -0.15) is 0 Å². The van der Waals surface area contributed by atoms with Gasteiger partial charge in [0.05, 0.1) is 5.70 Å². The first-order valence-corrected chi connectivity index (χ1v) is 10.1. The molecule has 0 saturated heterocycles. The van der Waals surface area contributed by atoms with Crippen molar-refractivity contribution in [1.82, 2.24) is 4.98 Å². The topological polar surface area (TPSA) is 28.1 Å². The monoisotopic (exact) mass is 340 g/mol. The van der Waals surface area contributed by atoms with Crippen LogP contribution in [0.2, 0.25) is 0 Å². The summed E-state index contributed by atoms with van der Waals surface area (Å²) >= 11 is 0. The number of H-pyrrole nitrogens is 1. The molecule has 0 saturated carbocycles. The lowest BCUT2D eigenvalue weighted by molar-refractivity contribution is 0.714. The molecule has 2 rings (SSSR count). The standard InChI is InChI=1S/C23H36N2/c1-7-9-11-13-20-16(3)22(24-18(20)5)15-23-17(4)21(19(6)25-23)14-12-10-8-2/h15,24H,7-14H2,1-6H3/b23-15+. The SMILES string of the molecule is CCCCCC1=C(C)/C(=C\c2[nH]c(C)c(CCCCC)c2C)N=C1C. The Morgan fingerprint density at radius 2 is 1.52 bits per heavy atom. The molecule has 0 atom stereocenters. The van der Waals surface area contributed by atoms with Gasteiger partial charge in [0.25, 0.3) is 0 Å². The Kier molecular flexibility index (Phi) is 7.28. The number of unbranched alkanes of at least 4 members (excludes halogenated alkanes) is 4. The predicted octanol–water partition coefficient (Wildman–Crippen LogP) is 7.08. The van der Waals surface area contributed by atoms with E-state index in [1.54, 1.807) is 0 Å². The molecular weight excluding hydrogens is 304 g/mol. The van der Waals surface area contributed by atoms with Gasteiger partial charge in [0, 0.05) is 17.1 Å². The zero-order valence-corrected chi connectivity index (χ0v) is 17.2. The second-order valence-corrected chi connectivity index (χ2v) is 7.51. The summed E-state index contributed by atoms with van der Waals surface area (Å²) in [6.07, 6.45) is 12.3. The number of aryl methyl sites for hydroxylation is 1. The maximum Gasteiger partial charge on any atom is 0.0686 e. The van der Waals surface area contributed by atoms with Crippen molar-refractivity contribution in [2.45, 2.75) is 92.9 Å². The van der Waals surface area contributed by atoms with Crippen LogP contribution in [0.4, 0.5) is 0 Å². The Labute approximate surface area is 154 Å². The molecule has 25 heavy (non-hydrogen) atoms. The van der Waals surface area contributed by atoms with E-state index in [1.165, 1.54) is 84.3 Å². The van der Waals surface area contributed by atoms with E-state index in [0.717, 1.165) is 12.1 Å². The van der Waals surface area contributed by atoms with Crippen LogP contribution in [0.15, 0.2) is 21.8 Å². The van der Waals surface area contributed by atoms with Gasteiger partial charge in [0.2, 0.25) is 0 Å². The van der Waals surface area contributed by atoms with Crippen LogP contribution in [0.1, 0.15) is 95.2 Å². The van der Waals surface area contributed by atoms with Crippen LogP contribution in [0.25, 0.3) is 6.08 Å². The van der Waals surface area contributed by atoms with E-state index in [9.17, 15) is 0 Å². The Morgan fingerprint density at radius 1 is 0.880 bits per heavy atom. The van der Waals surface area contributed by atoms with E-state index in [2.05, 4.69) is 52.6 Å². The maximum atomic E-state index is 4.86. The van der Waals surface area contributed by atoms with Crippen LogP contribution in [0.5, 0.6) is 0 Å². The molecule has 1 aromatic heterocycles. The highest BCUT2D eigenvalue weighted by Crippen LogP contribution is 2.31. The van der Waals surface area contributed by atoms with Gasteiger partial charge in [-0.05, 0) is 81.7 Å². The van der Waals surface area contributed by atoms with E-state index in [4.69, 9.17) is 4.99 Å². The summed E-state index contributed by atoms with van der Waals surface area (Å²) in [7, 11) is 0. The van der Waals surface area contributed by atoms with Gasteiger partial charge in [0.1, 0.15) is 0 Å². The largest absolute Gasteiger partial charge is 0.359 e. The molecule has 0 bridgehead atoms. The van der Waals surface area contributed by atoms with E-state index >= 15 is 0 Å². The molecule has 1 aliphatic rings. The molecule has 0 fully saturated rings. The van der Waals surface area contributed by atoms with Crippen molar-refractivity contribution < 1.29 is 0 Å². The molecule has 0 radical (unpaired) electrons. The summed E-state index contributed by atoms with van der Waals surface area (Å²) in [4.78, 5) is 8.47. The minimum atomic E-state index is 1.15. The number of aromatic amines is 1. The zero-order valence-electron chi connectivity index (χ0n) is 17.2. The van der Waals surface area contributed by atoms with Gasteiger partial charge >= 0.3 is 0 Å². The normalized spacial score (nSPS) is 16.2. The molecular formula is C23H36N2. The summed E-state index contributed by atoms with van der Waals surface area (Å²) in [5.41, 5.74) is 10.7. The summed E-state index contributed by atoms with van der Waals surface area (Å²) < 4.78 is 0. The van der Waals surface area contributed by atoms with Gasteiger partial charge in [-0.3, -0.25) is 4.99 Å². The first-order chi connectivity index (χ1) is 12.0. The molecule has 0 spiro atoms. The van der Waals surface area contributed by atoms with Crippen molar-refractivity contribution in [1.29, 1.82) is 0 Å². The number of nitrogens with one attached hydrogen (secondary N) is 1. The molecule has 1 aromatic rings. The van der Waals surface area contributed by atoms with Crippen molar-refractivity contribution in [3.05, 3.63) is 39.4 Å². The quantitative estimate of drug-likeness (QED) is 0.465. The third-order valence-electron chi connectivity index (χ3n) is 5.53. The number of aromatic nitrogens is 1. The number of nitrogens with zero attached hydrogens (tertiary/aromatic N) is 1. The summed E-state index contributed by atoms with van der Waals surface area (Å²) in [5.74, 6) is 0. The highest BCUT2D eigenvalue weighted by Gasteiger charge is 2.18. The first kappa shape index (κ1) is 19.8. The van der Waals surface area contributed by atoms with Crippen molar-refractivity contribution in [2.24, 2.45) is 4.99 Å². The molecule has 0 amide bonds. The Morgan fingerprint density at radius 3 is 2.16 bits per heavy atom. The minimum Gasteiger partial charge on any atom is -0.359 e. The van der Waals surface area contributed by atoms with E-state index in [1.807, 2.05) is 0 Å². The molecule has 2 heterocycles. The van der Waals surface area contributed by atoms with Crippen LogP contribution in [0, 0.1) is 13.8 Å². The number of rotatable bonds is 9. The number of aliphatic imine (C=N–C) groups is 1. The molecule has 2 heteroatoms. The molecule has 2 nitrogen and oxygen atoms in total. The first-order valence-electron chi connectivity index (χ1n) is 10.1. The smallest absolute Gasteiger partial charge is 0.0686 e. The van der Waals surface area contributed by atoms with Gasteiger partial charge in [-0.15, -0.1) is 0 Å². The second kappa shape index (κ2) is 9.22. The van der Waals surface area contributed by atoms with E-state index < -0.39 is 0 Å². The third-order valence-corrected chi connectivity index (χ3v) is 5.53. The molecule has 138 valence electrons. The average molecular weight is 341 g/mol. The van der Waals surface area contributed by atoms with Gasteiger partial charge in [-0.1, -0.05) is 39.5 Å². The lowest BCUT2D eigenvalue weighted by atomic mass is 9.99. The fourth-order valence-corrected chi connectivity index (χ4v) is 3.84. The highest BCUT2D eigenvalue weighted by molar-refractivity contribution is 6.03. The molecule has 0 aliphatic carbocycles. The maximum absolute atomic E-state index is 4.86. The van der Waals surface area contributed by atoms with Crippen LogP contribution >= 0.6 is 0 Å². The van der Waals surface area contributed by atoms with E-state index in [0.29, 0.717) is 0 Å². The average Bonchev–Trinajstić information content (AvgIpc) is 2.99. The Balaban J connectivity index is 2.21. The number of allylic oxidation sites excluding steroid dienone is 2. The van der Waals surface area contributed by atoms with Gasteiger partial charge < -0.3 is 4.98 Å². The highest BCUT2D eigenvalue weighted by atomic mass is 14.8. The fourth-order valence-electron chi connectivity index (χ4n) is 3.84. The van der Waals surface area contributed by atoms with Crippen LogP contribution in [-0.4, -0.2) is 10.7 Å². The molecule has 0 unspecified atom stereocenters. The van der Waals surface area contributed by atoms with Gasteiger partial charge in [-0.25, -0.2) is 0 Å². The Bertz CT molecular complexity index is 683. The minimum absolute atomic E-state index is 1.15. The van der Waals surface area contributed by atoms with Crippen LogP contribution in [0.3, 0.4) is 0 Å². The molecule has 1 N–H and O–H groups in total. The molecule has 0 aromatic carbocycles. The predicted molar refractivity (Wildman–Crippen MR) is 111 cm³/mol. The number of hydrogen-bond donors (Lipinski definition) is 1. The van der Waals surface area contributed by atoms with Crippen molar-refractivity contribution >= 4 is 11.8 Å². The lowest BCUT2D eigenvalue weighted by Crippen LogP contribution is -1.94. The second-order valence-electron chi connectivity index (χ2n) is 7.51. The van der Waals surface area contributed by atoms with E-state index in [-0.39, 0.29) is 0 Å².